The van der Waals surface area contributed by atoms with Crippen LogP contribution < -0.4 is 10.6 Å². The highest BCUT2D eigenvalue weighted by Gasteiger charge is 2.49. The first kappa shape index (κ1) is 19.9. The van der Waals surface area contributed by atoms with Crippen LogP contribution >= 0.6 is 0 Å². The van der Waals surface area contributed by atoms with E-state index in [1.165, 1.54) is 11.0 Å². The molecule has 12 nitrogen and oxygen atoms in total. The molecule has 0 bridgehead atoms. The zero-order valence-electron chi connectivity index (χ0n) is 16.0. The largest absolute Gasteiger partial charge is 0.351 e. The SMILES string of the molecule is C[C@@]1(c2cccc(-n3cnnn3)c2)NC(=O)N(CC(=O)N[C@H]2CCS(=O)(=O)C2)C1=O. The average molecular weight is 433 g/mol. The van der Waals surface area contributed by atoms with E-state index in [0.29, 0.717) is 17.7 Å². The summed E-state index contributed by atoms with van der Waals surface area (Å²) in [6.45, 7) is 1.05. The van der Waals surface area contributed by atoms with Crippen molar-refractivity contribution in [2.24, 2.45) is 0 Å². The number of imide groups is 1. The topological polar surface area (TPSA) is 156 Å². The van der Waals surface area contributed by atoms with Gasteiger partial charge in [0.2, 0.25) is 5.91 Å². The highest BCUT2D eigenvalue weighted by atomic mass is 32.2. The molecule has 2 aromatic rings. The van der Waals surface area contributed by atoms with E-state index in [9.17, 15) is 22.8 Å². The van der Waals surface area contributed by atoms with Crippen molar-refractivity contribution in [3.8, 4) is 5.69 Å². The Morgan fingerprint density at radius 1 is 1.37 bits per heavy atom. The molecule has 2 atom stereocenters. The predicted octanol–water partition coefficient (Wildman–Crippen LogP) is -1.27. The molecule has 13 heteroatoms. The van der Waals surface area contributed by atoms with Crippen LogP contribution in [0.4, 0.5) is 4.79 Å². The van der Waals surface area contributed by atoms with Crippen molar-refractivity contribution in [1.29, 1.82) is 0 Å². The maximum absolute atomic E-state index is 13.0. The molecule has 1 aromatic carbocycles. The molecule has 30 heavy (non-hydrogen) atoms. The van der Waals surface area contributed by atoms with Crippen LogP contribution in [0.15, 0.2) is 30.6 Å². The number of carbonyl (C=O) groups excluding carboxylic acids is 3. The number of nitrogens with zero attached hydrogens (tertiary/aromatic N) is 5. The smallest absolute Gasteiger partial charge is 0.325 e. The van der Waals surface area contributed by atoms with E-state index in [1.54, 1.807) is 31.2 Å². The third kappa shape index (κ3) is 3.63. The highest BCUT2D eigenvalue weighted by molar-refractivity contribution is 7.91. The van der Waals surface area contributed by atoms with Crippen molar-refractivity contribution in [3.05, 3.63) is 36.2 Å². The molecule has 2 aliphatic rings. The van der Waals surface area contributed by atoms with E-state index in [2.05, 4.69) is 26.2 Å². The number of benzene rings is 1. The van der Waals surface area contributed by atoms with Gasteiger partial charge in [0.25, 0.3) is 5.91 Å². The van der Waals surface area contributed by atoms with Gasteiger partial charge < -0.3 is 10.6 Å². The quantitative estimate of drug-likeness (QED) is 0.553. The van der Waals surface area contributed by atoms with E-state index < -0.39 is 45.8 Å². The monoisotopic (exact) mass is 433 g/mol. The number of tetrazole rings is 1. The summed E-state index contributed by atoms with van der Waals surface area (Å²) in [7, 11) is -3.16. The predicted molar refractivity (Wildman–Crippen MR) is 102 cm³/mol. The first-order valence-corrected chi connectivity index (χ1v) is 11.0. The minimum Gasteiger partial charge on any atom is -0.351 e. The molecule has 3 heterocycles. The Bertz CT molecular complexity index is 1120. The van der Waals surface area contributed by atoms with Crippen LogP contribution in [-0.4, -0.2) is 75.5 Å². The third-order valence-corrected chi connectivity index (χ3v) is 6.98. The minimum atomic E-state index is -3.16. The van der Waals surface area contributed by atoms with Crippen LogP contribution in [0, 0.1) is 0 Å². The first-order chi connectivity index (χ1) is 14.2. The molecule has 2 N–H and O–H groups in total. The Hall–Kier alpha value is -3.35. The second kappa shape index (κ2) is 7.16. The average Bonchev–Trinajstić information content (AvgIpc) is 3.39. The molecule has 1 aromatic heterocycles. The van der Waals surface area contributed by atoms with E-state index >= 15 is 0 Å². The lowest BCUT2D eigenvalue weighted by molar-refractivity contribution is -0.135. The zero-order valence-corrected chi connectivity index (χ0v) is 16.8. The van der Waals surface area contributed by atoms with Gasteiger partial charge in [0.1, 0.15) is 18.4 Å². The van der Waals surface area contributed by atoms with Crippen molar-refractivity contribution < 1.29 is 22.8 Å². The first-order valence-electron chi connectivity index (χ1n) is 9.16. The summed E-state index contributed by atoms with van der Waals surface area (Å²) in [6.07, 6.45) is 1.71. The lowest BCUT2D eigenvalue weighted by Crippen LogP contribution is -2.45. The molecule has 2 aliphatic heterocycles. The van der Waals surface area contributed by atoms with Crippen molar-refractivity contribution in [3.63, 3.8) is 0 Å². The standard InChI is InChI=1S/C17H19N7O5S/c1-17(11-3-2-4-13(7-11)24-10-18-21-22-24)15(26)23(16(27)20-17)8-14(25)19-12-5-6-30(28,29)9-12/h2-4,7,10,12H,5-6,8-9H2,1H3,(H,19,25)(H,20,27)/t12-,17-/m0/s1. The molecular weight excluding hydrogens is 414 g/mol. The van der Waals surface area contributed by atoms with Crippen LogP contribution in [0.25, 0.3) is 5.69 Å². The summed E-state index contributed by atoms with van der Waals surface area (Å²) in [5.74, 6) is -1.31. The van der Waals surface area contributed by atoms with Gasteiger partial charge >= 0.3 is 6.03 Å². The van der Waals surface area contributed by atoms with Gasteiger partial charge in [0.05, 0.1) is 17.2 Å². The van der Waals surface area contributed by atoms with E-state index in [-0.39, 0.29) is 11.5 Å². The number of aromatic nitrogens is 4. The van der Waals surface area contributed by atoms with Gasteiger partial charge in [-0.1, -0.05) is 12.1 Å². The number of sulfone groups is 1. The Morgan fingerprint density at radius 2 is 2.17 bits per heavy atom. The summed E-state index contributed by atoms with van der Waals surface area (Å²) in [5.41, 5.74) is -0.281. The number of amides is 4. The van der Waals surface area contributed by atoms with Crippen LogP contribution in [0.1, 0.15) is 18.9 Å². The lowest BCUT2D eigenvalue weighted by atomic mass is 9.91. The number of carbonyl (C=O) groups is 3. The van der Waals surface area contributed by atoms with Gasteiger partial charge in [-0.15, -0.1) is 5.10 Å². The molecule has 2 fully saturated rings. The Labute approximate surface area is 171 Å². The summed E-state index contributed by atoms with van der Waals surface area (Å²) in [5, 5.41) is 16.2. The molecule has 158 valence electrons. The van der Waals surface area contributed by atoms with E-state index in [4.69, 9.17) is 0 Å². The molecule has 4 amide bonds. The second-order valence-electron chi connectivity index (χ2n) is 7.42. The Morgan fingerprint density at radius 3 is 2.83 bits per heavy atom. The third-order valence-electron chi connectivity index (χ3n) is 5.21. The molecule has 0 aliphatic carbocycles. The van der Waals surface area contributed by atoms with E-state index in [0.717, 1.165) is 4.90 Å². The molecular formula is C17H19N7O5S. The number of hydrogen-bond acceptors (Lipinski definition) is 8. The summed E-state index contributed by atoms with van der Waals surface area (Å²) >= 11 is 0. The summed E-state index contributed by atoms with van der Waals surface area (Å²) in [6, 6.07) is 5.57. The van der Waals surface area contributed by atoms with Gasteiger partial charge in [0.15, 0.2) is 9.84 Å². The number of rotatable bonds is 5. The maximum Gasteiger partial charge on any atom is 0.325 e. The zero-order chi connectivity index (χ0) is 21.5. The number of nitrogens with one attached hydrogen (secondary N) is 2. The van der Waals surface area contributed by atoms with Gasteiger partial charge in [-0.05, 0) is 41.5 Å². The fourth-order valence-corrected chi connectivity index (χ4v) is 5.27. The van der Waals surface area contributed by atoms with Crippen molar-refractivity contribution >= 4 is 27.7 Å². The van der Waals surface area contributed by atoms with Crippen LogP contribution in [0.5, 0.6) is 0 Å². The Balaban J connectivity index is 1.49. The van der Waals surface area contributed by atoms with Crippen molar-refractivity contribution in [1.82, 2.24) is 35.7 Å². The lowest BCUT2D eigenvalue weighted by Gasteiger charge is -2.23. The molecule has 0 radical (unpaired) electrons. The molecule has 0 spiro atoms. The highest BCUT2D eigenvalue weighted by Crippen LogP contribution is 2.29. The van der Waals surface area contributed by atoms with Gasteiger partial charge in [0, 0.05) is 6.04 Å². The van der Waals surface area contributed by atoms with Crippen LogP contribution in [0.3, 0.4) is 0 Å². The number of hydrogen-bond donors (Lipinski definition) is 2. The van der Waals surface area contributed by atoms with Gasteiger partial charge in [-0.25, -0.2) is 17.9 Å². The van der Waals surface area contributed by atoms with E-state index in [1.807, 2.05) is 0 Å². The maximum atomic E-state index is 13.0. The fourth-order valence-electron chi connectivity index (χ4n) is 3.60. The minimum absolute atomic E-state index is 0.0107. The Kier molecular flexibility index (Phi) is 4.76. The fraction of sp³-hybridized carbons (Fsp3) is 0.412. The summed E-state index contributed by atoms with van der Waals surface area (Å²) < 4.78 is 24.5. The van der Waals surface area contributed by atoms with Crippen molar-refractivity contribution in [2.75, 3.05) is 18.1 Å². The molecule has 2 saturated heterocycles. The molecule has 0 unspecified atom stereocenters. The van der Waals surface area contributed by atoms with Gasteiger partial charge in [-0.2, -0.15) is 0 Å². The van der Waals surface area contributed by atoms with Crippen molar-refractivity contribution in [2.45, 2.75) is 24.9 Å². The number of urea groups is 1. The second-order valence-corrected chi connectivity index (χ2v) is 9.65. The van der Waals surface area contributed by atoms with Gasteiger partial charge in [-0.3, -0.25) is 14.5 Å². The summed E-state index contributed by atoms with van der Waals surface area (Å²) in [4.78, 5) is 38.6. The van der Waals surface area contributed by atoms with Crippen LogP contribution in [-0.2, 0) is 25.0 Å². The molecule has 0 saturated carbocycles. The van der Waals surface area contributed by atoms with Crippen LogP contribution in [0.2, 0.25) is 0 Å². The molecule has 4 rings (SSSR count). The normalized spacial score (nSPS) is 25.4.